The number of hydrogen-bond acceptors (Lipinski definition) is 4. The van der Waals surface area contributed by atoms with Crippen LogP contribution in [0.3, 0.4) is 0 Å². The van der Waals surface area contributed by atoms with Crippen LogP contribution in [0.15, 0.2) is 42.5 Å². The first-order valence-electron chi connectivity index (χ1n) is 9.87. The zero-order chi connectivity index (χ0) is 20.1. The third kappa shape index (κ3) is 4.47. The number of likely N-dealkylation sites (tertiary alicyclic amines) is 1. The van der Waals surface area contributed by atoms with E-state index in [4.69, 9.17) is 9.47 Å². The molecule has 0 aromatic heterocycles. The molecule has 150 valence electrons. The molecule has 0 radical (unpaired) electrons. The number of aliphatic carboxylic acids is 1. The minimum Gasteiger partial charge on any atom is -0.493 e. The van der Waals surface area contributed by atoms with Crippen molar-refractivity contribution in [3.05, 3.63) is 59.2 Å². The molecule has 0 amide bonds. The molecule has 0 bridgehead atoms. The maximum atomic E-state index is 11.6. The number of ether oxygens (including phenoxy) is 2. The van der Waals surface area contributed by atoms with Crippen LogP contribution in [-0.2, 0) is 4.79 Å². The van der Waals surface area contributed by atoms with Crippen LogP contribution in [0, 0.1) is 12.8 Å². The molecule has 2 atom stereocenters. The Morgan fingerprint density at radius 1 is 1.18 bits per heavy atom. The van der Waals surface area contributed by atoms with Gasteiger partial charge < -0.3 is 14.6 Å². The Morgan fingerprint density at radius 3 is 2.54 bits per heavy atom. The number of rotatable bonds is 7. The van der Waals surface area contributed by atoms with Crippen LogP contribution in [0.25, 0.3) is 0 Å². The molecular formula is C23H29NO4. The fourth-order valence-electron chi connectivity index (χ4n) is 3.94. The third-order valence-electron chi connectivity index (χ3n) is 5.36. The highest BCUT2D eigenvalue weighted by Crippen LogP contribution is 2.37. The van der Waals surface area contributed by atoms with Gasteiger partial charge in [-0.05, 0) is 56.5 Å². The van der Waals surface area contributed by atoms with Crippen LogP contribution in [0.2, 0.25) is 0 Å². The zero-order valence-corrected chi connectivity index (χ0v) is 16.9. The topological polar surface area (TPSA) is 59.0 Å². The Balaban J connectivity index is 2.02. The van der Waals surface area contributed by atoms with E-state index in [2.05, 4.69) is 42.2 Å². The lowest BCUT2D eigenvalue weighted by atomic mass is 9.91. The van der Waals surface area contributed by atoms with E-state index in [-0.39, 0.29) is 12.0 Å². The van der Waals surface area contributed by atoms with E-state index < -0.39 is 5.97 Å². The lowest BCUT2D eigenvalue weighted by Crippen LogP contribution is -2.41. The molecule has 0 aliphatic carbocycles. The van der Waals surface area contributed by atoms with E-state index in [1.165, 1.54) is 5.56 Å². The molecule has 1 heterocycles. The minimum atomic E-state index is -0.711. The highest BCUT2D eigenvalue weighted by molar-refractivity contribution is 5.70. The molecule has 5 nitrogen and oxygen atoms in total. The van der Waals surface area contributed by atoms with Gasteiger partial charge in [-0.3, -0.25) is 9.69 Å². The van der Waals surface area contributed by atoms with Crippen molar-refractivity contribution in [3.8, 4) is 11.5 Å². The highest BCUT2D eigenvalue weighted by atomic mass is 16.5. The van der Waals surface area contributed by atoms with Crippen molar-refractivity contribution in [2.24, 2.45) is 5.92 Å². The molecule has 3 rings (SSSR count). The summed E-state index contributed by atoms with van der Waals surface area (Å²) in [5, 5.41) is 9.53. The molecule has 28 heavy (non-hydrogen) atoms. The normalized spacial score (nSPS) is 18.5. The molecule has 2 unspecified atom stereocenters. The molecule has 1 fully saturated rings. The van der Waals surface area contributed by atoms with Crippen LogP contribution >= 0.6 is 0 Å². The summed E-state index contributed by atoms with van der Waals surface area (Å²) in [5.41, 5.74) is 3.44. The Morgan fingerprint density at radius 2 is 1.89 bits per heavy atom. The molecule has 1 N–H and O–H groups in total. The second-order valence-corrected chi connectivity index (χ2v) is 7.33. The van der Waals surface area contributed by atoms with Crippen molar-refractivity contribution in [1.82, 2.24) is 4.90 Å². The van der Waals surface area contributed by atoms with E-state index in [1.807, 2.05) is 19.1 Å². The summed E-state index contributed by atoms with van der Waals surface area (Å²) in [6.07, 6.45) is 1.62. The maximum absolute atomic E-state index is 11.6. The van der Waals surface area contributed by atoms with Gasteiger partial charge in [0.2, 0.25) is 0 Å². The van der Waals surface area contributed by atoms with Gasteiger partial charge in [0.05, 0.1) is 25.7 Å². The SMILES string of the molecule is CCOc1cc(C(c2ccc(C)cc2)N2CCCC(C(=O)O)C2)ccc1OC. The summed E-state index contributed by atoms with van der Waals surface area (Å²) in [6, 6.07) is 14.5. The van der Waals surface area contributed by atoms with Gasteiger partial charge in [-0.2, -0.15) is 0 Å². The van der Waals surface area contributed by atoms with E-state index in [0.717, 1.165) is 30.5 Å². The molecule has 0 saturated carbocycles. The van der Waals surface area contributed by atoms with Gasteiger partial charge in [0.25, 0.3) is 0 Å². The molecule has 2 aromatic carbocycles. The monoisotopic (exact) mass is 383 g/mol. The van der Waals surface area contributed by atoms with E-state index in [0.29, 0.717) is 24.7 Å². The number of hydrogen-bond donors (Lipinski definition) is 1. The zero-order valence-electron chi connectivity index (χ0n) is 16.9. The second kappa shape index (κ2) is 9.11. The third-order valence-corrected chi connectivity index (χ3v) is 5.36. The van der Waals surface area contributed by atoms with Crippen LogP contribution in [0.1, 0.15) is 42.5 Å². The quantitative estimate of drug-likeness (QED) is 0.773. The molecule has 2 aromatic rings. The average molecular weight is 383 g/mol. The van der Waals surface area contributed by atoms with Crippen LogP contribution in [0.4, 0.5) is 0 Å². The second-order valence-electron chi connectivity index (χ2n) is 7.33. The smallest absolute Gasteiger partial charge is 0.307 e. The first-order chi connectivity index (χ1) is 13.5. The number of carboxylic acid groups (broad SMARTS) is 1. The number of carbonyl (C=O) groups is 1. The summed E-state index contributed by atoms with van der Waals surface area (Å²) >= 11 is 0. The number of benzene rings is 2. The Hall–Kier alpha value is -2.53. The molecule has 1 saturated heterocycles. The van der Waals surface area contributed by atoms with Gasteiger partial charge in [0, 0.05) is 6.54 Å². The molecule has 0 spiro atoms. The molecule has 5 heteroatoms. The van der Waals surface area contributed by atoms with E-state index in [1.54, 1.807) is 7.11 Å². The summed E-state index contributed by atoms with van der Waals surface area (Å²) in [7, 11) is 1.64. The highest BCUT2D eigenvalue weighted by Gasteiger charge is 2.31. The predicted octanol–water partition coefficient (Wildman–Crippen LogP) is 4.29. The fraction of sp³-hybridized carbons (Fsp3) is 0.435. The van der Waals surface area contributed by atoms with Crippen LogP contribution < -0.4 is 9.47 Å². The van der Waals surface area contributed by atoms with Crippen molar-refractivity contribution in [2.45, 2.75) is 32.7 Å². The van der Waals surface area contributed by atoms with Gasteiger partial charge in [-0.25, -0.2) is 0 Å². The average Bonchev–Trinajstić information content (AvgIpc) is 2.70. The van der Waals surface area contributed by atoms with E-state index >= 15 is 0 Å². The Kier molecular flexibility index (Phi) is 6.57. The number of piperidine rings is 1. The van der Waals surface area contributed by atoms with Crippen molar-refractivity contribution in [1.29, 1.82) is 0 Å². The molecule has 1 aliphatic rings. The van der Waals surface area contributed by atoms with Gasteiger partial charge in [-0.1, -0.05) is 35.9 Å². The van der Waals surface area contributed by atoms with Crippen molar-refractivity contribution in [2.75, 3.05) is 26.8 Å². The predicted molar refractivity (Wildman–Crippen MR) is 109 cm³/mol. The van der Waals surface area contributed by atoms with Gasteiger partial charge in [0.1, 0.15) is 0 Å². The number of methoxy groups -OCH3 is 1. The molecular weight excluding hydrogens is 354 g/mol. The van der Waals surface area contributed by atoms with Gasteiger partial charge in [0.15, 0.2) is 11.5 Å². The number of carboxylic acids is 1. The summed E-state index contributed by atoms with van der Waals surface area (Å²) < 4.78 is 11.2. The molecule has 1 aliphatic heterocycles. The summed E-state index contributed by atoms with van der Waals surface area (Å²) in [5.74, 6) is 0.380. The summed E-state index contributed by atoms with van der Waals surface area (Å²) in [6.45, 7) is 5.99. The maximum Gasteiger partial charge on any atom is 0.307 e. The summed E-state index contributed by atoms with van der Waals surface area (Å²) in [4.78, 5) is 13.9. The van der Waals surface area contributed by atoms with Crippen molar-refractivity contribution < 1.29 is 19.4 Å². The Bertz CT molecular complexity index is 803. The fourth-order valence-corrected chi connectivity index (χ4v) is 3.94. The van der Waals surface area contributed by atoms with E-state index in [9.17, 15) is 9.90 Å². The lowest BCUT2D eigenvalue weighted by molar-refractivity contribution is -0.143. The lowest BCUT2D eigenvalue weighted by Gasteiger charge is -2.37. The van der Waals surface area contributed by atoms with Crippen LogP contribution in [-0.4, -0.2) is 42.8 Å². The van der Waals surface area contributed by atoms with Crippen LogP contribution in [0.5, 0.6) is 11.5 Å². The standard InChI is InChI=1S/C23H29NO4/c1-4-28-21-14-18(11-12-20(21)27-3)22(17-9-7-16(2)8-10-17)24-13-5-6-19(15-24)23(25)26/h7-12,14,19,22H,4-6,13,15H2,1-3H3,(H,25,26). The number of aryl methyl sites for hydroxylation is 1. The minimum absolute atomic E-state index is 0.0205. The van der Waals surface area contributed by atoms with Gasteiger partial charge in [-0.15, -0.1) is 0 Å². The largest absolute Gasteiger partial charge is 0.493 e. The van der Waals surface area contributed by atoms with Crippen molar-refractivity contribution >= 4 is 5.97 Å². The first-order valence-corrected chi connectivity index (χ1v) is 9.87. The van der Waals surface area contributed by atoms with Gasteiger partial charge >= 0.3 is 5.97 Å². The van der Waals surface area contributed by atoms with Crippen molar-refractivity contribution in [3.63, 3.8) is 0 Å². The first kappa shape index (κ1) is 20.2. The number of nitrogens with zero attached hydrogens (tertiary/aromatic N) is 1. The Labute approximate surface area is 166 Å².